The smallest absolute Gasteiger partial charge is 0.0598 e. The molecule has 56 valence electrons. The Bertz CT molecular complexity index is 130. The normalized spacial score (nSPS) is 17.3. The van der Waals surface area contributed by atoms with Gasteiger partial charge in [-0.15, -0.1) is 6.42 Å². The Balaban J connectivity index is 2.12. The molecule has 1 nitrogen and oxygen atoms in total. The predicted octanol–water partition coefficient (Wildman–Crippen LogP) is 1.35. The lowest BCUT2D eigenvalue weighted by atomic mass is 10.3. The molecule has 0 atom stereocenters. The quantitative estimate of drug-likeness (QED) is 0.529. The summed E-state index contributed by atoms with van der Waals surface area (Å²) in [6.45, 7) is 5.31. The Labute approximate surface area is 63.4 Å². The second-order valence-electron chi connectivity index (χ2n) is 2.98. The summed E-state index contributed by atoms with van der Waals surface area (Å²) in [6, 6.07) is 0. The first-order chi connectivity index (χ1) is 4.86. The van der Waals surface area contributed by atoms with Crippen LogP contribution in [-0.2, 0) is 0 Å². The van der Waals surface area contributed by atoms with Crippen molar-refractivity contribution < 1.29 is 0 Å². The van der Waals surface area contributed by atoms with Gasteiger partial charge in [0.05, 0.1) is 6.54 Å². The van der Waals surface area contributed by atoms with Gasteiger partial charge in [-0.3, -0.25) is 4.90 Å². The molecule has 0 heterocycles. The highest BCUT2D eigenvalue weighted by atomic mass is 15.1. The Hall–Kier alpha value is -0.480. The molecular weight excluding hydrogens is 122 g/mol. The van der Waals surface area contributed by atoms with Crippen molar-refractivity contribution in [3.63, 3.8) is 0 Å². The van der Waals surface area contributed by atoms with Gasteiger partial charge < -0.3 is 0 Å². The van der Waals surface area contributed by atoms with Crippen LogP contribution in [0.3, 0.4) is 0 Å². The standard InChI is InChI=1S/C9H15N/c1-3-7-10(4-2)8-9-5-6-9/h1,9H,4-8H2,2H3. The summed E-state index contributed by atoms with van der Waals surface area (Å²) >= 11 is 0. The molecule has 10 heavy (non-hydrogen) atoms. The fraction of sp³-hybridized carbons (Fsp3) is 0.778. The zero-order valence-corrected chi connectivity index (χ0v) is 6.64. The van der Waals surface area contributed by atoms with E-state index < -0.39 is 0 Å². The minimum Gasteiger partial charge on any atom is -0.292 e. The minimum absolute atomic E-state index is 0.826. The van der Waals surface area contributed by atoms with Gasteiger partial charge in [-0.1, -0.05) is 12.8 Å². The van der Waals surface area contributed by atoms with Gasteiger partial charge in [0.25, 0.3) is 0 Å². The zero-order valence-electron chi connectivity index (χ0n) is 6.64. The van der Waals surface area contributed by atoms with Crippen molar-refractivity contribution in [2.75, 3.05) is 19.6 Å². The van der Waals surface area contributed by atoms with Crippen molar-refractivity contribution in [3.8, 4) is 12.3 Å². The molecule has 0 unspecified atom stereocenters. The average molecular weight is 137 g/mol. The molecule has 0 aromatic heterocycles. The van der Waals surface area contributed by atoms with Crippen molar-refractivity contribution in [2.45, 2.75) is 19.8 Å². The molecule has 1 aliphatic carbocycles. The second kappa shape index (κ2) is 3.63. The number of rotatable bonds is 4. The number of hydrogen-bond acceptors (Lipinski definition) is 1. The summed E-state index contributed by atoms with van der Waals surface area (Å²) in [4.78, 5) is 2.33. The molecule has 1 heteroatoms. The van der Waals surface area contributed by atoms with Gasteiger partial charge in [0.1, 0.15) is 0 Å². The van der Waals surface area contributed by atoms with Gasteiger partial charge in [0, 0.05) is 6.54 Å². The van der Waals surface area contributed by atoms with Crippen LogP contribution in [0, 0.1) is 18.3 Å². The fourth-order valence-electron chi connectivity index (χ4n) is 1.10. The summed E-state index contributed by atoms with van der Waals surface area (Å²) in [7, 11) is 0. The fourth-order valence-corrected chi connectivity index (χ4v) is 1.10. The summed E-state index contributed by atoms with van der Waals surface area (Å²) in [5.41, 5.74) is 0. The van der Waals surface area contributed by atoms with Gasteiger partial charge in [0.15, 0.2) is 0 Å². The Morgan fingerprint density at radius 1 is 1.60 bits per heavy atom. The van der Waals surface area contributed by atoms with Crippen LogP contribution in [0.1, 0.15) is 19.8 Å². The molecule has 1 aliphatic rings. The van der Waals surface area contributed by atoms with E-state index in [-0.39, 0.29) is 0 Å². The topological polar surface area (TPSA) is 3.24 Å². The lowest BCUT2D eigenvalue weighted by Crippen LogP contribution is -2.25. The van der Waals surface area contributed by atoms with Crippen LogP contribution in [-0.4, -0.2) is 24.5 Å². The van der Waals surface area contributed by atoms with E-state index in [2.05, 4.69) is 17.7 Å². The maximum atomic E-state index is 5.21. The van der Waals surface area contributed by atoms with E-state index in [4.69, 9.17) is 6.42 Å². The maximum absolute atomic E-state index is 5.21. The third kappa shape index (κ3) is 2.41. The lowest BCUT2D eigenvalue weighted by Gasteiger charge is -2.15. The molecule has 0 aromatic carbocycles. The second-order valence-corrected chi connectivity index (χ2v) is 2.98. The largest absolute Gasteiger partial charge is 0.292 e. The molecule has 1 saturated carbocycles. The molecule has 1 rings (SSSR count). The maximum Gasteiger partial charge on any atom is 0.0598 e. The van der Waals surface area contributed by atoms with E-state index in [0.717, 1.165) is 19.0 Å². The summed E-state index contributed by atoms with van der Waals surface area (Å²) in [6.07, 6.45) is 8.04. The highest BCUT2D eigenvalue weighted by molar-refractivity contribution is 4.89. The van der Waals surface area contributed by atoms with Gasteiger partial charge >= 0.3 is 0 Å². The van der Waals surface area contributed by atoms with Crippen LogP contribution in [0.5, 0.6) is 0 Å². The first kappa shape index (κ1) is 7.63. The Morgan fingerprint density at radius 3 is 2.70 bits per heavy atom. The summed E-state index contributed by atoms with van der Waals surface area (Å²) in [5.74, 6) is 3.64. The van der Waals surface area contributed by atoms with E-state index in [1.165, 1.54) is 19.4 Å². The van der Waals surface area contributed by atoms with Crippen LogP contribution in [0.15, 0.2) is 0 Å². The molecule has 0 amide bonds. The van der Waals surface area contributed by atoms with Gasteiger partial charge in [-0.2, -0.15) is 0 Å². The number of terminal acetylenes is 1. The molecule has 0 N–H and O–H groups in total. The van der Waals surface area contributed by atoms with Crippen LogP contribution >= 0.6 is 0 Å². The van der Waals surface area contributed by atoms with Gasteiger partial charge in [-0.05, 0) is 25.3 Å². The molecule has 1 fully saturated rings. The monoisotopic (exact) mass is 137 g/mol. The molecule has 0 aromatic rings. The van der Waals surface area contributed by atoms with Gasteiger partial charge in [-0.25, -0.2) is 0 Å². The zero-order chi connectivity index (χ0) is 7.40. The van der Waals surface area contributed by atoms with Crippen molar-refractivity contribution in [2.24, 2.45) is 5.92 Å². The summed E-state index contributed by atoms with van der Waals surface area (Å²) in [5, 5.41) is 0. The molecule has 0 saturated heterocycles. The van der Waals surface area contributed by atoms with Crippen molar-refractivity contribution >= 4 is 0 Å². The molecule has 0 aliphatic heterocycles. The Kier molecular flexibility index (Phi) is 2.77. The van der Waals surface area contributed by atoms with Crippen LogP contribution in [0.4, 0.5) is 0 Å². The molecular formula is C9H15N. The highest BCUT2D eigenvalue weighted by Gasteiger charge is 2.22. The first-order valence-electron chi connectivity index (χ1n) is 4.02. The van der Waals surface area contributed by atoms with Crippen LogP contribution < -0.4 is 0 Å². The van der Waals surface area contributed by atoms with Crippen molar-refractivity contribution in [1.82, 2.24) is 4.90 Å². The number of hydrogen-bond donors (Lipinski definition) is 0. The average Bonchev–Trinajstić information content (AvgIpc) is 2.71. The van der Waals surface area contributed by atoms with E-state index in [9.17, 15) is 0 Å². The SMILES string of the molecule is C#CCN(CC)CC1CC1. The molecule has 0 bridgehead atoms. The predicted molar refractivity (Wildman–Crippen MR) is 43.7 cm³/mol. The van der Waals surface area contributed by atoms with E-state index in [1.807, 2.05) is 0 Å². The molecule has 0 spiro atoms. The third-order valence-electron chi connectivity index (χ3n) is 1.98. The third-order valence-corrected chi connectivity index (χ3v) is 1.98. The Morgan fingerprint density at radius 2 is 2.30 bits per heavy atom. The number of nitrogens with zero attached hydrogens (tertiary/aromatic N) is 1. The van der Waals surface area contributed by atoms with Crippen LogP contribution in [0.2, 0.25) is 0 Å². The van der Waals surface area contributed by atoms with Crippen molar-refractivity contribution in [3.05, 3.63) is 0 Å². The van der Waals surface area contributed by atoms with Gasteiger partial charge in [0.2, 0.25) is 0 Å². The first-order valence-corrected chi connectivity index (χ1v) is 4.02. The van der Waals surface area contributed by atoms with Crippen molar-refractivity contribution in [1.29, 1.82) is 0 Å². The van der Waals surface area contributed by atoms with E-state index >= 15 is 0 Å². The lowest BCUT2D eigenvalue weighted by molar-refractivity contribution is 0.310. The van der Waals surface area contributed by atoms with E-state index in [0.29, 0.717) is 0 Å². The molecule has 0 radical (unpaired) electrons. The highest BCUT2D eigenvalue weighted by Crippen LogP contribution is 2.29. The summed E-state index contributed by atoms with van der Waals surface area (Å²) < 4.78 is 0. The minimum atomic E-state index is 0.826. The van der Waals surface area contributed by atoms with Crippen LogP contribution in [0.25, 0.3) is 0 Å². The van der Waals surface area contributed by atoms with E-state index in [1.54, 1.807) is 0 Å².